The van der Waals surface area contributed by atoms with Gasteiger partial charge in [0.15, 0.2) is 5.15 Å². The van der Waals surface area contributed by atoms with Gasteiger partial charge in [-0.15, -0.1) is 0 Å². The van der Waals surface area contributed by atoms with E-state index in [4.69, 9.17) is 28.9 Å². The second-order valence-electron chi connectivity index (χ2n) is 4.54. The number of pyridine rings is 1. The number of benzene rings is 1. The second-order valence-corrected chi connectivity index (χ2v) is 6.95. The molecule has 1 aromatic carbocycles. The van der Waals surface area contributed by atoms with Gasteiger partial charge in [-0.2, -0.15) is 0 Å². The summed E-state index contributed by atoms with van der Waals surface area (Å²) >= 11 is 11.8. The number of halogens is 2. The van der Waals surface area contributed by atoms with Crippen LogP contribution in [-0.4, -0.2) is 13.4 Å². The van der Waals surface area contributed by atoms with E-state index in [1.165, 1.54) is 18.3 Å². The number of nitrogen functional groups attached to an aromatic ring is 1. The molecule has 0 amide bonds. The van der Waals surface area contributed by atoms with Gasteiger partial charge >= 0.3 is 0 Å². The zero-order valence-corrected chi connectivity index (χ0v) is 13.6. The van der Waals surface area contributed by atoms with Gasteiger partial charge in [-0.25, -0.2) is 13.4 Å². The summed E-state index contributed by atoms with van der Waals surface area (Å²) in [5, 5.41) is 0.389. The molecule has 112 valence electrons. The Balaban J connectivity index is 2.51. The van der Waals surface area contributed by atoms with Crippen molar-refractivity contribution in [3.63, 3.8) is 0 Å². The van der Waals surface area contributed by atoms with Crippen LogP contribution in [0.4, 0.5) is 11.4 Å². The normalized spacial score (nSPS) is 11.4. The summed E-state index contributed by atoms with van der Waals surface area (Å²) in [7, 11) is -3.84. The molecular formula is C13H13Cl2N3O2S. The SMILES string of the molecule is Cc1cc(Cl)c(N)cc1S(=O)(=O)Nc1c(C)ccnc1Cl. The summed E-state index contributed by atoms with van der Waals surface area (Å²) in [5.74, 6) is 0. The third-order valence-electron chi connectivity index (χ3n) is 2.93. The third kappa shape index (κ3) is 3.23. The zero-order chi connectivity index (χ0) is 15.8. The Labute approximate surface area is 133 Å². The maximum atomic E-state index is 12.5. The van der Waals surface area contributed by atoms with Crippen molar-refractivity contribution >= 4 is 44.6 Å². The van der Waals surface area contributed by atoms with Gasteiger partial charge in [0.05, 0.1) is 21.3 Å². The molecule has 0 aliphatic carbocycles. The number of nitrogens with two attached hydrogens (primary N) is 1. The third-order valence-corrected chi connectivity index (χ3v) is 5.04. The highest BCUT2D eigenvalue weighted by molar-refractivity contribution is 7.92. The first-order valence-electron chi connectivity index (χ1n) is 5.92. The van der Waals surface area contributed by atoms with E-state index in [9.17, 15) is 8.42 Å². The lowest BCUT2D eigenvalue weighted by Crippen LogP contribution is -2.16. The van der Waals surface area contributed by atoms with E-state index in [-0.39, 0.29) is 21.4 Å². The van der Waals surface area contributed by atoms with Crippen LogP contribution in [0.1, 0.15) is 11.1 Å². The summed E-state index contributed by atoms with van der Waals surface area (Å²) < 4.78 is 27.4. The molecule has 0 saturated carbocycles. The van der Waals surface area contributed by atoms with Gasteiger partial charge in [0.1, 0.15) is 0 Å². The fourth-order valence-corrected chi connectivity index (χ4v) is 3.72. The molecule has 0 saturated heterocycles. The monoisotopic (exact) mass is 345 g/mol. The Kier molecular flexibility index (Phi) is 4.32. The number of hydrogen-bond donors (Lipinski definition) is 2. The van der Waals surface area contributed by atoms with Crippen LogP contribution in [0.15, 0.2) is 29.3 Å². The van der Waals surface area contributed by atoms with Crippen LogP contribution in [0.2, 0.25) is 10.2 Å². The van der Waals surface area contributed by atoms with Crippen molar-refractivity contribution in [1.82, 2.24) is 4.98 Å². The van der Waals surface area contributed by atoms with E-state index in [0.717, 1.165) is 0 Å². The molecule has 0 bridgehead atoms. The van der Waals surface area contributed by atoms with Gasteiger partial charge in [-0.3, -0.25) is 4.72 Å². The molecule has 0 aliphatic rings. The Morgan fingerprint density at radius 1 is 1.19 bits per heavy atom. The van der Waals surface area contributed by atoms with Crippen LogP contribution in [-0.2, 0) is 10.0 Å². The molecule has 8 heteroatoms. The van der Waals surface area contributed by atoms with Crippen molar-refractivity contribution in [1.29, 1.82) is 0 Å². The van der Waals surface area contributed by atoms with E-state index in [1.807, 2.05) is 0 Å². The van der Waals surface area contributed by atoms with Gasteiger partial charge in [0, 0.05) is 6.20 Å². The molecule has 2 aromatic rings. The first-order chi connectivity index (χ1) is 9.72. The molecule has 2 rings (SSSR count). The van der Waals surface area contributed by atoms with E-state index < -0.39 is 10.0 Å². The summed E-state index contributed by atoms with van der Waals surface area (Å²) in [6, 6.07) is 4.48. The Bertz CT molecular complexity index is 787. The number of nitrogens with one attached hydrogen (secondary N) is 1. The number of aromatic nitrogens is 1. The molecule has 0 spiro atoms. The summed E-state index contributed by atoms with van der Waals surface area (Å²) in [5.41, 5.74) is 7.26. The Morgan fingerprint density at radius 2 is 1.86 bits per heavy atom. The zero-order valence-electron chi connectivity index (χ0n) is 11.3. The minimum absolute atomic E-state index is 0.0451. The molecule has 3 N–H and O–H groups in total. The molecule has 0 unspecified atom stereocenters. The fourth-order valence-electron chi connectivity index (χ4n) is 1.80. The van der Waals surface area contributed by atoms with E-state index in [1.54, 1.807) is 19.9 Å². The van der Waals surface area contributed by atoms with E-state index in [2.05, 4.69) is 9.71 Å². The van der Waals surface area contributed by atoms with E-state index >= 15 is 0 Å². The molecule has 0 radical (unpaired) electrons. The molecule has 0 aliphatic heterocycles. The topological polar surface area (TPSA) is 85.1 Å². The van der Waals surface area contributed by atoms with Gasteiger partial charge in [-0.1, -0.05) is 23.2 Å². The first-order valence-corrected chi connectivity index (χ1v) is 8.16. The van der Waals surface area contributed by atoms with Crippen LogP contribution < -0.4 is 10.5 Å². The fraction of sp³-hybridized carbons (Fsp3) is 0.154. The maximum absolute atomic E-state index is 12.5. The number of aryl methyl sites for hydroxylation is 2. The largest absolute Gasteiger partial charge is 0.397 e. The van der Waals surface area contributed by atoms with Crippen LogP contribution in [0.5, 0.6) is 0 Å². The summed E-state index contributed by atoms with van der Waals surface area (Å²) in [6.07, 6.45) is 1.50. The standard InChI is InChI=1S/C13H13Cl2N3O2S/c1-7-3-4-17-13(15)12(7)18-21(19,20)11-6-10(16)9(14)5-8(11)2/h3-6,18H,16H2,1-2H3. The van der Waals surface area contributed by atoms with Crippen molar-refractivity contribution in [2.75, 3.05) is 10.5 Å². The average Bonchev–Trinajstić information content (AvgIpc) is 2.38. The van der Waals surface area contributed by atoms with Crippen molar-refractivity contribution in [3.05, 3.63) is 45.7 Å². The minimum atomic E-state index is -3.84. The van der Waals surface area contributed by atoms with Crippen molar-refractivity contribution in [3.8, 4) is 0 Å². The van der Waals surface area contributed by atoms with Crippen LogP contribution in [0.3, 0.4) is 0 Å². The maximum Gasteiger partial charge on any atom is 0.262 e. The minimum Gasteiger partial charge on any atom is -0.397 e. The highest BCUT2D eigenvalue weighted by Gasteiger charge is 2.21. The first kappa shape index (κ1) is 15.9. The van der Waals surface area contributed by atoms with Gasteiger partial charge in [-0.05, 0) is 43.2 Å². The van der Waals surface area contributed by atoms with E-state index in [0.29, 0.717) is 16.1 Å². The molecule has 1 aromatic heterocycles. The van der Waals surface area contributed by atoms with Gasteiger partial charge in [0.2, 0.25) is 0 Å². The average molecular weight is 346 g/mol. The van der Waals surface area contributed by atoms with Gasteiger partial charge < -0.3 is 5.73 Å². The number of nitrogens with zero attached hydrogens (tertiary/aromatic N) is 1. The van der Waals surface area contributed by atoms with Crippen LogP contribution in [0.25, 0.3) is 0 Å². The summed E-state index contributed by atoms with van der Waals surface area (Å²) in [4.78, 5) is 3.91. The highest BCUT2D eigenvalue weighted by Crippen LogP contribution is 2.30. The summed E-state index contributed by atoms with van der Waals surface area (Å²) in [6.45, 7) is 3.37. The highest BCUT2D eigenvalue weighted by atomic mass is 35.5. The number of sulfonamides is 1. The van der Waals surface area contributed by atoms with Crippen molar-refractivity contribution in [2.45, 2.75) is 18.7 Å². The molecular weight excluding hydrogens is 333 g/mol. The molecule has 1 heterocycles. The van der Waals surface area contributed by atoms with Crippen molar-refractivity contribution in [2.24, 2.45) is 0 Å². The van der Waals surface area contributed by atoms with Crippen molar-refractivity contribution < 1.29 is 8.42 Å². The smallest absolute Gasteiger partial charge is 0.262 e. The Hall–Kier alpha value is -1.50. The molecule has 0 fully saturated rings. The number of rotatable bonds is 3. The van der Waals surface area contributed by atoms with Gasteiger partial charge in [0.25, 0.3) is 10.0 Å². The second kappa shape index (κ2) is 5.71. The Morgan fingerprint density at radius 3 is 2.48 bits per heavy atom. The number of hydrogen-bond acceptors (Lipinski definition) is 4. The number of anilines is 2. The lowest BCUT2D eigenvalue weighted by atomic mass is 10.2. The van der Waals surface area contributed by atoms with Crippen LogP contribution >= 0.6 is 23.2 Å². The predicted molar refractivity (Wildman–Crippen MR) is 85.4 cm³/mol. The lowest BCUT2D eigenvalue weighted by molar-refractivity contribution is 0.600. The predicted octanol–water partition coefficient (Wildman–Crippen LogP) is 3.39. The lowest BCUT2D eigenvalue weighted by Gasteiger charge is -2.14. The quantitative estimate of drug-likeness (QED) is 0.659. The molecule has 21 heavy (non-hydrogen) atoms. The molecule has 0 atom stereocenters. The van der Waals surface area contributed by atoms with Crippen LogP contribution in [0, 0.1) is 13.8 Å². The molecule has 5 nitrogen and oxygen atoms in total.